The van der Waals surface area contributed by atoms with Gasteiger partial charge in [0.05, 0.1) is 16.8 Å². The normalized spacial score (nSPS) is 12.2. The topological polar surface area (TPSA) is 80.0 Å². The number of carbonyl (C=O) groups excluding carboxylic acids is 1. The number of benzene rings is 1. The number of hydrogen-bond acceptors (Lipinski definition) is 4. The summed E-state index contributed by atoms with van der Waals surface area (Å²) in [4.78, 5) is 16.5. The van der Waals surface area contributed by atoms with Crippen LogP contribution >= 0.6 is 11.6 Å². The molecule has 1 heterocycles. The zero-order chi connectivity index (χ0) is 16.8. The van der Waals surface area contributed by atoms with Crippen LogP contribution in [-0.4, -0.2) is 38.4 Å². The van der Waals surface area contributed by atoms with Crippen LogP contribution in [0.3, 0.4) is 0 Å². The minimum absolute atomic E-state index is 0.110. The minimum atomic E-state index is -0.459. The highest BCUT2D eigenvalue weighted by Crippen LogP contribution is 2.21. The molecule has 0 aliphatic heterocycles. The fraction of sp³-hybridized carbons (Fsp3) is 0.438. The zero-order valence-electron chi connectivity index (χ0n) is 13.3. The zero-order valence-corrected chi connectivity index (χ0v) is 14.0. The molecular formula is C16H21ClN4O2. The van der Waals surface area contributed by atoms with Crippen LogP contribution < -0.4 is 5.32 Å². The van der Waals surface area contributed by atoms with E-state index in [-0.39, 0.29) is 11.7 Å². The van der Waals surface area contributed by atoms with Gasteiger partial charge in [0.2, 0.25) is 5.82 Å². The lowest BCUT2D eigenvalue weighted by molar-refractivity contribution is 0.0935. The number of hydrogen-bond donors (Lipinski definition) is 2. The van der Waals surface area contributed by atoms with Crippen LogP contribution in [0.1, 0.15) is 43.1 Å². The number of nitrogens with zero attached hydrogens (tertiary/aromatic N) is 3. The van der Waals surface area contributed by atoms with Crippen molar-refractivity contribution in [2.24, 2.45) is 0 Å². The van der Waals surface area contributed by atoms with E-state index in [4.69, 9.17) is 11.6 Å². The van der Waals surface area contributed by atoms with Gasteiger partial charge in [-0.25, -0.2) is 9.67 Å². The van der Waals surface area contributed by atoms with Crippen molar-refractivity contribution in [3.8, 4) is 5.69 Å². The van der Waals surface area contributed by atoms with Crippen LogP contribution in [-0.2, 0) is 6.42 Å². The van der Waals surface area contributed by atoms with Gasteiger partial charge in [0.25, 0.3) is 5.91 Å². The molecule has 2 rings (SSSR count). The molecule has 1 aromatic heterocycles. The highest BCUT2D eigenvalue weighted by Gasteiger charge is 2.18. The van der Waals surface area contributed by atoms with E-state index in [0.717, 1.165) is 6.42 Å². The first kappa shape index (κ1) is 17.4. The third-order valence-corrected chi connectivity index (χ3v) is 3.60. The average Bonchev–Trinajstić information content (AvgIpc) is 2.91. The molecule has 0 fully saturated rings. The van der Waals surface area contributed by atoms with Gasteiger partial charge in [-0.15, -0.1) is 5.10 Å². The molecule has 0 aliphatic carbocycles. The standard InChI is InChI=1S/C16H21ClN4O2/c1-3-6-14-19-15(16(23)18-10-9-11(2)22)20-21(14)13-8-5-4-7-12(13)17/h4-5,7-8,11,22H,3,6,9-10H2,1-2H3,(H,18,23). The highest BCUT2D eigenvalue weighted by molar-refractivity contribution is 6.32. The molecule has 0 saturated heterocycles. The monoisotopic (exact) mass is 336 g/mol. The smallest absolute Gasteiger partial charge is 0.290 e. The maximum Gasteiger partial charge on any atom is 0.290 e. The molecule has 0 radical (unpaired) electrons. The number of carbonyl (C=O) groups is 1. The number of aliphatic hydroxyl groups is 1. The van der Waals surface area contributed by atoms with Crippen molar-refractivity contribution in [3.63, 3.8) is 0 Å². The second-order valence-corrected chi connectivity index (χ2v) is 5.77. The van der Waals surface area contributed by atoms with Crippen molar-refractivity contribution in [2.75, 3.05) is 6.54 Å². The van der Waals surface area contributed by atoms with E-state index in [1.165, 1.54) is 0 Å². The number of nitrogens with one attached hydrogen (secondary N) is 1. The summed E-state index contributed by atoms with van der Waals surface area (Å²) in [5, 5.41) is 16.8. The van der Waals surface area contributed by atoms with E-state index < -0.39 is 6.10 Å². The Bertz CT molecular complexity index is 670. The molecular weight excluding hydrogens is 316 g/mol. The Hall–Kier alpha value is -1.92. The van der Waals surface area contributed by atoms with Gasteiger partial charge in [-0.1, -0.05) is 30.7 Å². The number of aliphatic hydroxyl groups excluding tert-OH is 1. The fourth-order valence-corrected chi connectivity index (χ4v) is 2.33. The number of aryl methyl sites for hydroxylation is 1. The van der Waals surface area contributed by atoms with Gasteiger partial charge in [-0.2, -0.15) is 0 Å². The van der Waals surface area contributed by atoms with Crippen LogP contribution in [0.25, 0.3) is 5.69 Å². The van der Waals surface area contributed by atoms with E-state index in [1.54, 1.807) is 17.7 Å². The SMILES string of the molecule is CCCc1nc(C(=O)NCCC(C)O)nn1-c1ccccc1Cl. The third kappa shape index (κ3) is 4.53. The summed E-state index contributed by atoms with van der Waals surface area (Å²) in [5.74, 6) is 0.453. The summed E-state index contributed by atoms with van der Waals surface area (Å²) in [6.45, 7) is 4.09. The quantitative estimate of drug-likeness (QED) is 0.813. The molecule has 2 aromatic rings. The van der Waals surface area contributed by atoms with Gasteiger partial charge < -0.3 is 10.4 Å². The maximum absolute atomic E-state index is 12.1. The van der Waals surface area contributed by atoms with E-state index >= 15 is 0 Å². The lowest BCUT2D eigenvalue weighted by Gasteiger charge is -2.06. The first-order chi connectivity index (χ1) is 11.0. The van der Waals surface area contributed by atoms with Crippen molar-refractivity contribution in [1.82, 2.24) is 20.1 Å². The van der Waals surface area contributed by atoms with Crippen LogP contribution in [0.15, 0.2) is 24.3 Å². The highest BCUT2D eigenvalue weighted by atomic mass is 35.5. The Morgan fingerprint density at radius 1 is 1.43 bits per heavy atom. The van der Waals surface area contributed by atoms with Gasteiger partial charge >= 0.3 is 0 Å². The predicted octanol–water partition coefficient (Wildman–Crippen LogP) is 2.37. The molecule has 1 amide bonds. The molecule has 0 spiro atoms. The second-order valence-electron chi connectivity index (χ2n) is 5.36. The molecule has 2 N–H and O–H groups in total. The van der Waals surface area contributed by atoms with Crippen molar-refractivity contribution < 1.29 is 9.90 Å². The van der Waals surface area contributed by atoms with Crippen molar-refractivity contribution in [2.45, 2.75) is 39.2 Å². The second kappa shape index (κ2) is 8.08. The predicted molar refractivity (Wildman–Crippen MR) is 89.0 cm³/mol. The van der Waals surface area contributed by atoms with E-state index in [2.05, 4.69) is 15.4 Å². The average molecular weight is 337 g/mol. The Morgan fingerprint density at radius 2 is 2.17 bits per heavy atom. The van der Waals surface area contributed by atoms with Gasteiger partial charge in [0, 0.05) is 13.0 Å². The van der Waals surface area contributed by atoms with Crippen LogP contribution in [0.2, 0.25) is 5.02 Å². The Labute approximate surface area is 140 Å². The number of para-hydroxylation sites is 1. The first-order valence-electron chi connectivity index (χ1n) is 7.70. The summed E-state index contributed by atoms with van der Waals surface area (Å²) in [5.41, 5.74) is 0.702. The van der Waals surface area contributed by atoms with Gasteiger partial charge in [0.1, 0.15) is 5.82 Å². The number of rotatable bonds is 7. The Kier molecular flexibility index (Phi) is 6.12. The molecule has 1 aromatic carbocycles. The largest absolute Gasteiger partial charge is 0.393 e. The molecule has 7 heteroatoms. The molecule has 1 atom stereocenters. The van der Waals surface area contributed by atoms with Gasteiger partial charge in [-0.05, 0) is 31.9 Å². The van der Waals surface area contributed by atoms with Crippen LogP contribution in [0.4, 0.5) is 0 Å². The summed E-state index contributed by atoms with van der Waals surface area (Å²) in [6.07, 6.45) is 1.60. The lowest BCUT2D eigenvalue weighted by atomic mass is 10.3. The molecule has 1 unspecified atom stereocenters. The number of amides is 1. The van der Waals surface area contributed by atoms with E-state index in [1.807, 2.05) is 25.1 Å². The summed E-state index contributed by atoms with van der Waals surface area (Å²) in [7, 11) is 0. The van der Waals surface area contributed by atoms with Gasteiger partial charge in [0.15, 0.2) is 0 Å². The molecule has 124 valence electrons. The first-order valence-corrected chi connectivity index (χ1v) is 8.07. The Morgan fingerprint density at radius 3 is 2.83 bits per heavy atom. The van der Waals surface area contributed by atoms with Crippen molar-refractivity contribution >= 4 is 17.5 Å². The van der Waals surface area contributed by atoms with Crippen molar-refractivity contribution in [1.29, 1.82) is 0 Å². The molecule has 0 bridgehead atoms. The lowest BCUT2D eigenvalue weighted by Crippen LogP contribution is -2.27. The maximum atomic E-state index is 12.1. The van der Waals surface area contributed by atoms with Crippen LogP contribution in [0, 0.1) is 0 Å². The summed E-state index contributed by atoms with van der Waals surface area (Å²) >= 11 is 6.22. The van der Waals surface area contributed by atoms with Gasteiger partial charge in [-0.3, -0.25) is 4.79 Å². The van der Waals surface area contributed by atoms with Crippen LogP contribution in [0.5, 0.6) is 0 Å². The number of aromatic nitrogens is 3. The Balaban J connectivity index is 2.25. The minimum Gasteiger partial charge on any atom is -0.393 e. The molecule has 6 nitrogen and oxygen atoms in total. The van der Waals surface area contributed by atoms with Crippen molar-refractivity contribution in [3.05, 3.63) is 40.9 Å². The summed E-state index contributed by atoms with van der Waals surface area (Å²) < 4.78 is 1.62. The summed E-state index contributed by atoms with van der Waals surface area (Å²) in [6, 6.07) is 7.31. The molecule has 0 aliphatic rings. The number of halogens is 1. The molecule has 0 saturated carbocycles. The third-order valence-electron chi connectivity index (χ3n) is 3.28. The molecule has 23 heavy (non-hydrogen) atoms. The van der Waals surface area contributed by atoms with E-state index in [0.29, 0.717) is 35.9 Å². The van der Waals surface area contributed by atoms with E-state index in [9.17, 15) is 9.90 Å². The fourth-order valence-electron chi connectivity index (χ4n) is 2.12.